The van der Waals surface area contributed by atoms with E-state index in [1.165, 1.54) is 6.92 Å². The Hall–Kier alpha value is -3.21. The molecule has 152 valence electrons. The van der Waals surface area contributed by atoms with Crippen molar-refractivity contribution in [3.05, 3.63) is 70.5 Å². The van der Waals surface area contributed by atoms with Gasteiger partial charge in [-0.05, 0) is 37.6 Å². The summed E-state index contributed by atoms with van der Waals surface area (Å²) in [6.45, 7) is 14.2. The highest BCUT2D eigenvalue weighted by Gasteiger charge is 2.25. The zero-order valence-electron chi connectivity index (χ0n) is 16.4. The summed E-state index contributed by atoms with van der Waals surface area (Å²) in [4.78, 5) is 16.0. The number of carbonyl (C=O) groups is 1. The molecule has 2 aromatic carbocycles. The summed E-state index contributed by atoms with van der Waals surface area (Å²) in [6.07, 6.45) is -0.999. The molecule has 0 radical (unpaired) electrons. The monoisotopic (exact) mass is 414 g/mol. The first-order valence-corrected chi connectivity index (χ1v) is 9.16. The summed E-state index contributed by atoms with van der Waals surface area (Å²) in [5.41, 5.74) is 7.98. The van der Waals surface area contributed by atoms with Crippen molar-refractivity contribution in [1.29, 1.82) is 0 Å². The number of aliphatic hydroxyl groups excluding tert-OH is 1. The molecule has 0 aromatic heterocycles. The van der Waals surface area contributed by atoms with Crippen molar-refractivity contribution in [2.75, 3.05) is 12.4 Å². The molecular weight excluding hydrogens is 392 g/mol. The van der Waals surface area contributed by atoms with Gasteiger partial charge >= 0.3 is 0 Å². The van der Waals surface area contributed by atoms with Gasteiger partial charge in [-0.3, -0.25) is 15.6 Å². The standard InChI is InChI=1S/C21H23ClN4O3/c1-12-17(9-10-18(23-4)19(12)22)24-20(14(3)27)21(28)26-25-13(2)15-7-6-8-16(11-15)29-5/h6-11,14,20,24-25,27H,2H2,1,3,5H3,(H,26,28)/t14-,20+/m0/s1. The fourth-order valence-corrected chi connectivity index (χ4v) is 2.79. The minimum atomic E-state index is -0.999. The number of nitrogens with zero attached hydrogens (tertiary/aromatic N) is 1. The lowest BCUT2D eigenvalue weighted by Crippen LogP contribution is -2.50. The lowest BCUT2D eigenvalue weighted by molar-refractivity contribution is -0.124. The lowest BCUT2D eigenvalue weighted by Gasteiger charge is -2.24. The Morgan fingerprint density at radius 3 is 2.66 bits per heavy atom. The van der Waals surface area contributed by atoms with Crippen LogP contribution < -0.4 is 20.9 Å². The number of aliphatic hydroxyl groups is 1. The van der Waals surface area contributed by atoms with Crippen molar-refractivity contribution >= 4 is 34.6 Å². The maximum atomic E-state index is 12.6. The van der Waals surface area contributed by atoms with Crippen LogP contribution in [0.2, 0.25) is 5.02 Å². The van der Waals surface area contributed by atoms with Crippen LogP contribution in [0.3, 0.4) is 0 Å². The van der Waals surface area contributed by atoms with Crippen LogP contribution in [0, 0.1) is 13.5 Å². The summed E-state index contributed by atoms with van der Waals surface area (Å²) in [7, 11) is 1.56. The molecule has 29 heavy (non-hydrogen) atoms. The van der Waals surface area contributed by atoms with Crippen molar-refractivity contribution in [1.82, 2.24) is 10.9 Å². The van der Waals surface area contributed by atoms with Gasteiger partial charge in [0.2, 0.25) is 5.69 Å². The van der Waals surface area contributed by atoms with Crippen LogP contribution in [-0.2, 0) is 4.79 Å². The topological polar surface area (TPSA) is 87.0 Å². The number of nitrogens with one attached hydrogen (secondary N) is 3. The van der Waals surface area contributed by atoms with E-state index in [1.807, 2.05) is 12.1 Å². The van der Waals surface area contributed by atoms with E-state index in [0.717, 1.165) is 5.56 Å². The number of halogens is 1. The number of hydrogen-bond acceptors (Lipinski definition) is 5. The fraction of sp³-hybridized carbons (Fsp3) is 0.238. The van der Waals surface area contributed by atoms with E-state index in [1.54, 1.807) is 38.3 Å². The van der Waals surface area contributed by atoms with Crippen LogP contribution in [-0.4, -0.2) is 30.3 Å². The Morgan fingerprint density at radius 1 is 1.31 bits per heavy atom. The number of hydrazine groups is 1. The molecule has 2 atom stereocenters. The van der Waals surface area contributed by atoms with E-state index in [0.29, 0.717) is 33.4 Å². The van der Waals surface area contributed by atoms with Crippen LogP contribution in [0.4, 0.5) is 11.4 Å². The van der Waals surface area contributed by atoms with Crippen molar-refractivity contribution in [2.24, 2.45) is 0 Å². The molecule has 0 aliphatic rings. The fourth-order valence-electron chi connectivity index (χ4n) is 2.58. The second-order valence-corrected chi connectivity index (χ2v) is 6.75. The zero-order valence-corrected chi connectivity index (χ0v) is 17.2. The van der Waals surface area contributed by atoms with Crippen molar-refractivity contribution < 1.29 is 14.6 Å². The van der Waals surface area contributed by atoms with Gasteiger partial charge in [0.05, 0.1) is 30.5 Å². The van der Waals surface area contributed by atoms with Gasteiger partial charge in [-0.15, -0.1) is 0 Å². The average molecular weight is 415 g/mol. The minimum Gasteiger partial charge on any atom is -0.497 e. The molecule has 2 aromatic rings. The molecule has 0 spiro atoms. The first-order chi connectivity index (χ1) is 13.8. The van der Waals surface area contributed by atoms with E-state index >= 15 is 0 Å². The number of amides is 1. The maximum absolute atomic E-state index is 12.6. The van der Waals surface area contributed by atoms with Gasteiger partial charge in [0, 0.05) is 11.3 Å². The van der Waals surface area contributed by atoms with Gasteiger partial charge in [0.25, 0.3) is 5.91 Å². The quantitative estimate of drug-likeness (QED) is 0.391. The van der Waals surface area contributed by atoms with E-state index in [2.05, 4.69) is 27.6 Å². The molecule has 0 bridgehead atoms. The highest BCUT2D eigenvalue weighted by molar-refractivity contribution is 6.34. The third-order valence-corrected chi connectivity index (χ3v) is 4.79. The van der Waals surface area contributed by atoms with Crippen molar-refractivity contribution in [2.45, 2.75) is 26.0 Å². The molecule has 0 unspecified atom stereocenters. The van der Waals surface area contributed by atoms with Crippen molar-refractivity contribution in [3.8, 4) is 5.75 Å². The van der Waals surface area contributed by atoms with Gasteiger partial charge < -0.3 is 15.2 Å². The summed E-state index contributed by atoms with van der Waals surface area (Å²) in [6, 6.07) is 9.45. The third-order valence-electron chi connectivity index (χ3n) is 4.32. The van der Waals surface area contributed by atoms with Gasteiger partial charge in [-0.25, -0.2) is 4.85 Å². The molecule has 0 saturated heterocycles. The molecule has 0 heterocycles. The first kappa shape index (κ1) is 22.1. The number of methoxy groups -OCH3 is 1. The first-order valence-electron chi connectivity index (χ1n) is 8.78. The molecule has 8 heteroatoms. The molecule has 0 aliphatic heterocycles. The third kappa shape index (κ3) is 5.41. The predicted octanol–water partition coefficient (Wildman–Crippen LogP) is 3.66. The normalized spacial score (nSPS) is 12.3. The molecule has 0 fully saturated rings. The second-order valence-electron chi connectivity index (χ2n) is 6.37. The summed E-state index contributed by atoms with van der Waals surface area (Å²) >= 11 is 6.19. The maximum Gasteiger partial charge on any atom is 0.263 e. The zero-order chi connectivity index (χ0) is 21.6. The largest absolute Gasteiger partial charge is 0.497 e. The lowest BCUT2D eigenvalue weighted by atomic mass is 10.1. The van der Waals surface area contributed by atoms with Crippen LogP contribution in [0.5, 0.6) is 5.75 Å². The number of anilines is 1. The Balaban J connectivity index is 2.09. The van der Waals surface area contributed by atoms with E-state index < -0.39 is 18.1 Å². The van der Waals surface area contributed by atoms with E-state index in [9.17, 15) is 9.90 Å². The number of carbonyl (C=O) groups excluding carboxylic acids is 1. The smallest absolute Gasteiger partial charge is 0.263 e. The highest BCUT2D eigenvalue weighted by atomic mass is 35.5. The van der Waals surface area contributed by atoms with E-state index in [4.69, 9.17) is 22.9 Å². The van der Waals surface area contributed by atoms with Crippen LogP contribution in [0.15, 0.2) is 43.0 Å². The number of ether oxygens (including phenoxy) is 1. The predicted molar refractivity (Wildman–Crippen MR) is 115 cm³/mol. The number of rotatable bonds is 8. The molecular formula is C21H23ClN4O3. The summed E-state index contributed by atoms with van der Waals surface area (Å²) in [5, 5.41) is 13.4. The summed E-state index contributed by atoms with van der Waals surface area (Å²) < 4.78 is 5.18. The highest BCUT2D eigenvalue weighted by Crippen LogP contribution is 2.33. The average Bonchev–Trinajstić information content (AvgIpc) is 2.72. The Morgan fingerprint density at radius 2 is 2.03 bits per heavy atom. The molecule has 1 amide bonds. The van der Waals surface area contributed by atoms with Crippen LogP contribution >= 0.6 is 11.6 Å². The van der Waals surface area contributed by atoms with Crippen LogP contribution in [0.25, 0.3) is 10.5 Å². The minimum absolute atomic E-state index is 0.305. The molecule has 2 rings (SSSR count). The Kier molecular flexibility index (Phi) is 7.48. The molecule has 7 nitrogen and oxygen atoms in total. The molecule has 4 N–H and O–H groups in total. The van der Waals surface area contributed by atoms with Gasteiger partial charge in [0.15, 0.2) is 0 Å². The van der Waals surface area contributed by atoms with Gasteiger partial charge in [-0.2, -0.15) is 0 Å². The van der Waals surface area contributed by atoms with E-state index in [-0.39, 0.29) is 0 Å². The van der Waals surface area contributed by atoms with Gasteiger partial charge in [0.1, 0.15) is 11.8 Å². The summed E-state index contributed by atoms with van der Waals surface area (Å²) in [5.74, 6) is 0.171. The van der Waals surface area contributed by atoms with Crippen LogP contribution in [0.1, 0.15) is 18.1 Å². The van der Waals surface area contributed by atoms with Crippen molar-refractivity contribution in [3.63, 3.8) is 0 Å². The number of hydrogen-bond donors (Lipinski definition) is 4. The molecule has 0 aliphatic carbocycles. The second kappa shape index (κ2) is 9.82. The SMILES string of the molecule is [C-]#[N+]c1ccc(N[C@@H](C(=O)NNC(=C)c2cccc(OC)c2)[C@H](C)O)c(C)c1Cl. The molecule has 0 saturated carbocycles. The van der Waals surface area contributed by atoms with Gasteiger partial charge in [-0.1, -0.05) is 36.4 Å². The Labute approximate surface area is 175 Å². The Bertz CT molecular complexity index is 953. The number of benzene rings is 2.